The average molecular weight is 447 g/mol. The first-order chi connectivity index (χ1) is 14.3. The Morgan fingerprint density at radius 3 is 2.33 bits per heavy atom. The van der Waals surface area contributed by atoms with Crippen molar-refractivity contribution >= 4 is 38.9 Å². The highest BCUT2D eigenvalue weighted by Gasteiger charge is 2.34. The molecule has 1 saturated heterocycles. The van der Waals surface area contributed by atoms with Crippen LogP contribution in [0.1, 0.15) is 18.1 Å². The molecule has 1 aliphatic heterocycles. The van der Waals surface area contributed by atoms with E-state index in [1.54, 1.807) is 50.4 Å². The van der Waals surface area contributed by atoms with Gasteiger partial charge in [0, 0.05) is 6.54 Å². The Morgan fingerprint density at radius 1 is 1.07 bits per heavy atom. The van der Waals surface area contributed by atoms with Crippen LogP contribution in [0.25, 0.3) is 6.08 Å². The predicted octanol–water partition coefficient (Wildman–Crippen LogP) is 3.69. The van der Waals surface area contributed by atoms with Gasteiger partial charge in [-0.25, -0.2) is 0 Å². The monoisotopic (exact) mass is 446 g/mol. The van der Waals surface area contributed by atoms with Gasteiger partial charge in [0.25, 0.3) is 15.9 Å². The largest absolute Gasteiger partial charge is 0.493 e. The summed E-state index contributed by atoms with van der Waals surface area (Å²) in [6.07, 6.45) is 1.68. The van der Waals surface area contributed by atoms with Gasteiger partial charge in [-0.2, -0.15) is 8.42 Å². The van der Waals surface area contributed by atoms with E-state index in [2.05, 4.69) is 4.40 Å². The molecule has 0 bridgehead atoms. The lowest BCUT2D eigenvalue weighted by Gasteiger charge is -2.12. The van der Waals surface area contributed by atoms with Crippen molar-refractivity contribution in [3.63, 3.8) is 0 Å². The van der Waals surface area contributed by atoms with Crippen molar-refractivity contribution in [1.29, 1.82) is 0 Å². The number of likely N-dealkylation sites (N-methyl/N-ethyl adjacent to an activating group) is 1. The SMILES string of the molecule is CCN1C(=O)/C(=C/c2ccc(OC)c(OC)c2)SC1=NS(=O)(=O)c1ccc(C)cc1. The molecule has 1 heterocycles. The Kier molecular flexibility index (Phi) is 6.52. The zero-order valence-corrected chi connectivity index (χ0v) is 18.7. The van der Waals surface area contributed by atoms with Gasteiger partial charge in [0.15, 0.2) is 16.7 Å². The molecule has 0 atom stereocenters. The molecule has 1 amide bonds. The van der Waals surface area contributed by atoms with Crippen molar-refractivity contribution in [2.24, 2.45) is 4.40 Å². The summed E-state index contributed by atoms with van der Waals surface area (Å²) in [5.41, 5.74) is 1.67. The number of methoxy groups -OCH3 is 2. The lowest BCUT2D eigenvalue weighted by atomic mass is 10.2. The average Bonchev–Trinajstić information content (AvgIpc) is 3.01. The number of hydrogen-bond acceptors (Lipinski definition) is 6. The molecule has 1 aliphatic rings. The van der Waals surface area contributed by atoms with Crippen LogP contribution in [-0.4, -0.2) is 45.2 Å². The summed E-state index contributed by atoms with van der Waals surface area (Å²) in [5, 5.41) is 0.134. The number of aryl methyl sites for hydroxylation is 1. The summed E-state index contributed by atoms with van der Waals surface area (Å²) < 4.78 is 39.9. The second-order valence-electron chi connectivity index (χ2n) is 6.44. The smallest absolute Gasteiger partial charge is 0.284 e. The van der Waals surface area contributed by atoms with Gasteiger partial charge in [-0.1, -0.05) is 23.8 Å². The second kappa shape index (κ2) is 8.93. The van der Waals surface area contributed by atoms with Crippen LogP contribution in [-0.2, 0) is 14.8 Å². The predicted molar refractivity (Wildman–Crippen MR) is 118 cm³/mol. The third kappa shape index (κ3) is 4.52. The fourth-order valence-corrected chi connectivity index (χ4v) is 5.06. The highest BCUT2D eigenvalue weighted by Crippen LogP contribution is 2.35. The van der Waals surface area contributed by atoms with Gasteiger partial charge in [-0.15, -0.1) is 4.40 Å². The molecule has 9 heteroatoms. The van der Waals surface area contributed by atoms with Gasteiger partial charge in [0.2, 0.25) is 0 Å². The first-order valence-corrected chi connectivity index (χ1v) is 11.4. The lowest BCUT2D eigenvalue weighted by molar-refractivity contribution is -0.122. The number of carbonyl (C=O) groups is 1. The highest BCUT2D eigenvalue weighted by molar-refractivity contribution is 8.19. The van der Waals surface area contributed by atoms with E-state index in [1.807, 2.05) is 6.92 Å². The van der Waals surface area contributed by atoms with Crippen LogP contribution in [0.3, 0.4) is 0 Å². The molecule has 158 valence electrons. The molecular weight excluding hydrogens is 424 g/mol. The summed E-state index contributed by atoms with van der Waals surface area (Å²) in [4.78, 5) is 14.6. The van der Waals surface area contributed by atoms with Crippen molar-refractivity contribution in [3.8, 4) is 11.5 Å². The molecule has 3 rings (SSSR count). The molecule has 0 saturated carbocycles. The van der Waals surface area contributed by atoms with Gasteiger partial charge < -0.3 is 9.47 Å². The Hall–Kier alpha value is -2.78. The maximum Gasteiger partial charge on any atom is 0.284 e. The first-order valence-electron chi connectivity index (χ1n) is 9.14. The first kappa shape index (κ1) is 21.9. The number of carbonyl (C=O) groups excluding carboxylic acids is 1. The molecule has 0 N–H and O–H groups in total. The lowest BCUT2D eigenvalue weighted by Crippen LogP contribution is -2.29. The van der Waals surface area contributed by atoms with Crippen LogP contribution < -0.4 is 9.47 Å². The zero-order chi connectivity index (χ0) is 21.9. The van der Waals surface area contributed by atoms with Crippen molar-refractivity contribution < 1.29 is 22.7 Å². The van der Waals surface area contributed by atoms with Crippen LogP contribution in [0.15, 0.2) is 56.7 Å². The Labute approximate surface area is 180 Å². The maximum atomic E-state index is 12.8. The molecule has 0 radical (unpaired) electrons. The zero-order valence-electron chi connectivity index (χ0n) is 17.1. The maximum absolute atomic E-state index is 12.8. The van der Waals surface area contributed by atoms with E-state index < -0.39 is 10.0 Å². The fourth-order valence-electron chi connectivity index (χ4n) is 2.81. The van der Waals surface area contributed by atoms with E-state index in [4.69, 9.17) is 9.47 Å². The Bertz CT molecular complexity index is 1120. The van der Waals surface area contributed by atoms with Gasteiger partial charge in [-0.05, 0) is 61.5 Å². The number of amidine groups is 1. The number of ether oxygens (including phenoxy) is 2. The van der Waals surface area contributed by atoms with E-state index in [0.717, 1.165) is 22.9 Å². The summed E-state index contributed by atoms with van der Waals surface area (Å²) in [7, 11) is -0.858. The minimum absolute atomic E-state index is 0.0852. The minimum Gasteiger partial charge on any atom is -0.493 e. The van der Waals surface area contributed by atoms with Crippen molar-refractivity contribution in [2.45, 2.75) is 18.7 Å². The van der Waals surface area contributed by atoms with Gasteiger partial charge in [0.1, 0.15) is 0 Å². The normalized spacial score (nSPS) is 17.1. The quantitative estimate of drug-likeness (QED) is 0.629. The highest BCUT2D eigenvalue weighted by atomic mass is 32.2. The van der Waals surface area contributed by atoms with Crippen molar-refractivity contribution in [3.05, 3.63) is 58.5 Å². The second-order valence-corrected chi connectivity index (χ2v) is 9.05. The minimum atomic E-state index is -3.93. The summed E-state index contributed by atoms with van der Waals surface area (Å²) in [5.74, 6) is 0.812. The number of sulfonamides is 1. The molecular formula is C21H22N2O5S2. The number of benzene rings is 2. The van der Waals surface area contributed by atoms with E-state index in [0.29, 0.717) is 22.9 Å². The van der Waals surface area contributed by atoms with Crippen LogP contribution in [0, 0.1) is 6.92 Å². The molecule has 0 spiro atoms. The molecule has 0 aromatic heterocycles. The number of rotatable bonds is 6. The summed E-state index contributed by atoms with van der Waals surface area (Å²) in [6.45, 7) is 3.95. The molecule has 30 heavy (non-hydrogen) atoms. The number of hydrogen-bond donors (Lipinski definition) is 0. The standard InChI is InChI=1S/C21H22N2O5S2/c1-5-23-20(24)19(13-15-8-11-17(27-3)18(12-15)28-4)29-21(23)22-30(25,26)16-9-6-14(2)7-10-16/h6-13H,5H2,1-4H3/b19-13-,22-21?. The van der Waals surface area contributed by atoms with Gasteiger partial charge >= 0.3 is 0 Å². The van der Waals surface area contributed by atoms with Gasteiger partial charge in [0.05, 0.1) is 24.0 Å². The third-order valence-electron chi connectivity index (χ3n) is 4.43. The van der Waals surface area contributed by atoms with Crippen molar-refractivity contribution in [1.82, 2.24) is 4.90 Å². The van der Waals surface area contributed by atoms with E-state index >= 15 is 0 Å². The van der Waals surface area contributed by atoms with E-state index in [9.17, 15) is 13.2 Å². The summed E-state index contributed by atoms with van der Waals surface area (Å²) in [6, 6.07) is 11.7. The Morgan fingerprint density at radius 2 is 1.73 bits per heavy atom. The van der Waals surface area contributed by atoms with Crippen LogP contribution in [0.5, 0.6) is 11.5 Å². The number of thioether (sulfide) groups is 1. The topological polar surface area (TPSA) is 85.3 Å². The molecule has 1 fully saturated rings. The van der Waals surface area contributed by atoms with Crippen LogP contribution in [0.2, 0.25) is 0 Å². The molecule has 0 aliphatic carbocycles. The molecule has 7 nitrogen and oxygen atoms in total. The van der Waals surface area contributed by atoms with Crippen molar-refractivity contribution in [2.75, 3.05) is 20.8 Å². The molecule has 2 aromatic rings. The summed E-state index contributed by atoms with van der Waals surface area (Å²) >= 11 is 1.03. The molecule has 0 unspecified atom stereocenters. The van der Waals surface area contributed by atoms with Crippen LogP contribution in [0.4, 0.5) is 0 Å². The van der Waals surface area contributed by atoms with Gasteiger partial charge in [-0.3, -0.25) is 9.69 Å². The Balaban J connectivity index is 1.96. The number of nitrogens with zero attached hydrogens (tertiary/aromatic N) is 2. The van der Waals surface area contributed by atoms with E-state index in [-0.39, 0.29) is 16.0 Å². The molecule has 2 aromatic carbocycles. The van der Waals surface area contributed by atoms with E-state index in [1.165, 1.54) is 24.1 Å². The fraction of sp³-hybridized carbons (Fsp3) is 0.238. The third-order valence-corrected chi connectivity index (χ3v) is 6.83. The van der Waals surface area contributed by atoms with Crippen LogP contribution >= 0.6 is 11.8 Å². The number of amides is 1.